The Morgan fingerprint density at radius 2 is 1.89 bits per heavy atom. The highest BCUT2D eigenvalue weighted by Crippen LogP contribution is 2.20. The van der Waals surface area contributed by atoms with Crippen LogP contribution in [0.4, 0.5) is 5.69 Å². The highest BCUT2D eigenvalue weighted by Gasteiger charge is 2.26. The molecule has 0 aliphatic rings. The van der Waals surface area contributed by atoms with Crippen LogP contribution in [0, 0.1) is 0 Å². The maximum Gasteiger partial charge on any atom is 0.270 e. The normalized spacial score (nSPS) is 11.1. The summed E-state index contributed by atoms with van der Waals surface area (Å²) < 4.78 is 0. The van der Waals surface area contributed by atoms with E-state index in [1.165, 1.54) is 0 Å². The first-order valence-electron chi connectivity index (χ1n) is 6.57. The molecule has 0 radical (unpaired) electrons. The van der Waals surface area contributed by atoms with Crippen molar-refractivity contribution in [3.8, 4) is 0 Å². The van der Waals surface area contributed by atoms with Gasteiger partial charge in [0.2, 0.25) is 0 Å². The number of hydrogen-bond donors (Lipinski definition) is 2. The number of carbonyl (C=O) groups excluding carboxylic acids is 1. The highest BCUT2D eigenvalue weighted by atomic mass is 16.2. The largest absolute Gasteiger partial charge is 0.388 e. The highest BCUT2D eigenvalue weighted by molar-refractivity contribution is 5.93. The third kappa shape index (κ3) is 3.22. The lowest BCUT2D eigenvalue weighted by atomic mass is 9.89. The van der Waals surface area contributed by atoms with Gasteiger partial charge < -0.3 is 10.6 Å². The van der Waals surface area contributed by atoms with Gasteiger partial charge in [0.1, 0.15) is 5.69 Å². The average molecular weight is 249 g/mol. The van der Waals surface area contributed by atoms with Crippen molar-refractivity contribution >= 4 is 11.6 Å². The summed E-state index contributed by atoms with van der Waals surface area (Å²) in [5, 5.41) is 6.12. The van der Waals surface area contributed by atoms with E-state index in [-0.39, 0.29) is 11.4 Å². The number of pyridine rings is 1. The Morgan fingerprint density at radius 3 is 2.39 bits per heavy atom. The maximum absolute atomic E-state index is 12.2. The molecule has 0 aliphatic carbocycles. The number of nitrogens with one attached hydrogen (secondary N) is 2. The minimum absolute atomic E-state index is 0.0994. The fourth-order valence-corrected chi connectivity index (χ4v) is 2.03. The van der Waals surface area contributed by atoms with Crippen molar-refractivity contribution < 1.29 is 4.79 Å². The third-order valence-electron chi connectivity index (χ3n) is 3.69. The predicted molar refractivity (Wildman–Crippen MR) is 74.9 cm³/mol. The van der Waals surface area contributed by atoms with Crippen molar-refractivity contribution in [3.05, 3.63) is 24.0 Å². The number of anilines is 1. The van der Waals surface area contributed by atoms with Gasteiger partial charge in [0.25, 0.3) is 5.91 Å². The Kier molecular flexibility index (Phi) is 5.13. The second-order valence-electron chi connectivity index (χ2n) is 4.47. The van der Waals surface area contributed by atoms with Gasteiger partial charge in [0.05, 0.1) is 0 Å². The molecule has 0 saturated carbocycles. The number of carbonyl (C=O) groups is 1. The van der Waals surface area contributed by atoms with Crippen LogP contribution in [0.1, 0.15) is 50.5 Å². The summed E-state index contributed by atoms with van der Waals surface area (Å²) >= 11 is 0. The molecular formula is C14H23N3O. The summed E-state index contributed by atoms with van der Waals surface area (Å²) in [7, 11) is 1.82. The van der Waals surface area contributed by atoms with Gasteiger partial charge in [-0.3, -0.25) is 9.78 Å². The first-order valence-corrected chi connectivity index (χ1v) is 6.57. The van der Waals surface area contributed by atoms with Gasteiger partial charge >= 0.3 is 0 Å². The van der Waals surface area contributed by atoms with Crippen LogP contribution in [0.5, 0.6) is 0 Å². The number of aromatic nitrogens is 1. The van der Waals surface area contributed by atoms with Crippen molar-refractivity contribution in [2.24, 2.45) is 0 Å². The average Bonchev–Trinajstić information content (AvgIpc) is 2.44. The number of amides is 1. The molecule has 100 valence electrons. The van der Waals surface area contributed by atoms with E-state index in [9.17, 15) is 4.79 Å². The predicted octanol–water partition coefficient (Wildman–Crippen LogP) is 2.82. The molecule has 0 saturated heterocycles. The molecule has 4 heteroatoms. The van der Waals surface area contributed by atoms with Gasteiger partial charge in [-0.15, -0.1) is 0 Å². The smallest absolute Gasteiger partial charge is 0.270 e. The van der Waals surface area contributed by atoms with Gasteiger partial charge in [-0.25, -0.2) is 0 Å². The second kappa shape index (κ2) is 6.38. The zero-order valence-corrected chi connectivity index (χ0v) is 11.7. The Labute approximate surface area is 109 Å². The topological polar surface area (TPSA) is 54.0 Å². The fourth-order valence-electron chi connectivity index (χ4n) is 2.03. The molecule has 1 aromatic heterocycles. The van der Waals surface area contributed by atoms with Crippen LogP contribution in [-0.4, -0.2) is 23.5 Å². The van der Waals surface area contributed by atoms with Gasteiger partial charge in [0, 0.05) is 24.5 Å². The van der Waals surface area contributed by atoms with Crippen molar-refractivity contribution in [1.29, 1.82) is 0 Å². The van der Waals surface area contributed by atoms with Gasteiger partial charge in [-0.05, 0) is 31.4 Å². The first-order chi connectivity index (χ1) is 8.60. The van der Waals surface area contributed by atoms with E-state index in [1.54, 1.807) is 12.3 Å². The minimum atomic E-state index is -0.117. The Hall–Kier alpha value is -1.58. The third-order valence-corrected chi connectivity index (χ3v) is 3.69. The lowest BCUT2D eigenvalue weighted by molar-refractivity contribution is 0.0883. The first kappa shape index (κ1) is 14.5. The maximum atomic E-state index is 12.2. The Bertz CT molecular complexity index is 392. The van der Waals surface area contributed by atoms with Crippen LogP contribution in [-0.2, 0) is 0 Å². The summed E-state index contributed by atoms with van der Waals surface area (Å²) in [6, 6.07) is 3.60. The molecule has 0 bridgehead atoms. The molecule has 1 amide bonds. The molecule has 4 nitrogen and oxygen atoms in total. The molecule has 1 heterocycles. The monoisotopic (exact) mass is 249 g/mol. The number of nitrogens with zero attached hydrogens (tertiary/aromatic N) is 1. The molecule has 0 spiro atoms. The molecule has 1 rings (SSSR count). The molecule has 1 aromatic rings. The van der Waals surface area contributed by atoms with Crippen LogP contribution in [0.2, 0.25) is 0 Å². The van der Waals surface area contributed by atoms with Crippen molar-refractivity contribution in [2.75, 3.05) is 12.4 Å². The molecule has 2 N–H and O–H groups in total. The zero-order valence-electron chi connectivity index (χ0n) is 11.7. The summed E-state index contributed by atoms with van der Waals surface area (Å²) in [4.78, 5) is 16.3. The molecule has 0 unspecified atom stereocenters. The van der Waals surface area contributed by atoms with E-state index in [0.717, 1.165) is 24.9 Å². The molecule has 0 fully saturated rings. The summed E-state index contributed by atoms with van der Waals surface area (Å²) in [6.45, 7) is 6.31. The summed E-state index contributed by atoms with van der Waals surface area (Å²) in [5.74, 6) is -0.0994. The molecule has 0 aromatic carbocycles. The van der Waals surface area contributed by atoms with Gasteiger partial charge in [-0.2, -0.15) is 0 Å². The van der Waals surface area contributed by atoms with E-state index >= 15 is 0 Å². The minimum Gasteiger partial charge on any atom is -0.388 e. The van der Waals surface area contributed by atoms with E-state index < -0.39 is 0 Å². The number of hydrogen-bond acceptors (Lipinski definition) is 3. The van der Waals surface area contributed by atoms with Crippen LogP contribution in [0.15, 0.2) is 18.3 Å². The Balaban J connectivity index is 2.86. The molecule has 0 aliphatic heterocycles. The Morgan fingerprint density at radius 1 is 1.28 bits per heavy atom. The van der Waals surface area contributed by atoms with E-state index in [2.05, 4.69) is 36.4 Å². The lowest BCUT2D eigenvalue weighted by Gasteiger charge is -2.31. The molecule has 18 heavy (non-hydrogen) atoms. The lowest BCUT2D eigenvalue weighted by Crippen LogP contribution is -2.47. The second-order valence-corrected chi connectivity index (χ2v) is 4.47. The standard InChI is InChI=1S/C14H23N3O/c1-5-14(6-2,7-3)17-13(18)12-10-11(15-4)8-9-16-12/h8-10H,5-7H2,1-4H3,(H,15,16)(H,17,18). The van der Waals surface area contributed by atoms with Crippen molar-refractivity contribution in [2.45, 2.75) is 45.6 Å². The zero-order chi connectivity index (χ0) is 13.6. The van der Waals surface area contributed by atoms with E-state index in [0.29, 0.717) is 5.69 Å². The molecule has 0 atom stereocenters. The molecular weight excluding hydrogens is 226 g/mol. The SMILES string of the molecule is CCC(CC)(CC)NC(=O)c1cc(NC)ccn1. The van der Waals surface area contributed by atoms with Gasteiger partial charge in [-0.1, -0.05) is 20.8 Å². The summed E-state index contributed by atoms with van der Waals surface area (Å²) in [5.41, 5.74) is 1.24. The fraction of sp³-hybridized carbons (Fsp3) is 0.571. The van der Waals surface area contributed by atoms with Crippen molar-refractivity contribution in [1.82, 2.24) is 10.3 Å². The quantitative estimate of drug-likeness (QED) is 0.815. The van der Waals surface area contributed by atoms with Gasteiger partial charge in [0.15, 0.2) is 0 Å². The van der Waals surface area contributed by atoms with Crippen LogP contribution in [0.3, 0.4) is 0 Å². The van der Waals surface area contributed by atoms with Crippen LogP contribution in [0.25, 0.3) is 0 Å². The van der Waals surface area contributed by atoms with Crippen LogP contribution >= 0.6 is 0 Å². The van der Waals surface area contributed by atoms with Crippen molar-refractivity contribution in [3.63, 3.8) is 0 Å². The van der Waals surface area contributed by atoms with E-state index in [1.807, 2.05) is 13.1 Å². The number of rotatable bonds is 6. The van der Waals surface area contributed by atoms with Crippen LogP contribution < -0.4 is 10.6 Å². The summed E-state index contributed by atoms with van der Waals surface area (Å²) in [6.07, 6.45) is 4.43. The van der Waals surface area contributed by atoms with E-state index in [4.69, 9.17) is 0 Å².